The number of anilines is 6. The Bertz CT molecular complexity index is 2880. The summed E-state index contributed by atoms with van der Waals surface area (Å²) < 4.78 is 28.7. The summed E-state index contributed by atoms with van der Waals surface area (Å²) in [4.78, 5) is 5.38. The Morgan fingerprint density at radius 1 is 0.418 bits per heavy atom. The second-order valence-electron chi connectivity index (χ2n) is 16.2. The van der Waals surface area contributed by atoms with E-state index in [1.165, 1.54) is 22.3 Å². The van der Waals surface area contributed by atoms with Crippen LogP contribution in [0.5, 0.6) is 0 Å². The van der Waals surface area contributed by atoms with E-state index in [2.05, 4.69) is 171 Å². The maximum absolute atomic E-state index is 14.3. The van der Waals surface area contributed by atoms with Crippen molar-refractivity contribution in [2.75, 3.05) is 9.80 Å². The van der Waals surface area contributed by atoms with E-state index >= 15 is 0 Å². The summed E-state index contributed by atoms with van der Waals surface area (Å²) in [7, 11) is -3.75. The van der Waals surface area contributed by atoms with Crippen molar-refractivity contribution >= 4 is 65.5 Å². The van der Waals surface area contributed by atoms with Gasteiger partial charge in [-0.1, -0.05) is 137 Å². The van der Waals surface area contributed by atoms with Crippen LogP contribution in [0.4, 0.5) is 34.1 Å². The predicted molar refractivity (Wildman–Crippen MR) is 226 cm³/mol. The van der Waals surface area contributed by atoms with Crippen LogP contribution in [-0.4, -0.2) is 8.42 Å². The van der Waals surface area contributed by atoms with Crippen LogP contribution >= 0.6 is 0 Å². The Hall–Kier alpha value is -6.17. The van der Waals surface area contributed by atoms with Crippen molar-refractivity contribution in [1.29, 1.82) is 0 Å². The molecule has 11 rings (SSSR count). The van der Waals surface area contributed by atoms with E-state index in [0.29, 0.717) is 9.79 Å². The summed E-state index contributed by atoms with van der Waals surface area (Å²) >= 11 is 0. The zero-order chi connectivity index (χ0) is 37.4. The van der Waals surface area contributed by atoms with Crippen molar-refractivity contribution in [2.24, 2.45) is 0 Å². The molecule has 0 N–H and O–H groups in total. The van der Waals surface area contributed by atoms with E-state index in [0.717, 1.165) is 66.8 Å². The lowest BCUT2D eigenvalue weighted by Gasteiger charge is -2.43. The molecule has 0 unspecified atom stereocenters. The van der Waals surface area contributed by atoms with Crippen molar-refractivity contribution in [3.05, 3.63) is 180 Å². The van der Waals surface area contributed by atoms with Gasteiger partial charge in [-0.25, -0.2) is 8.42 Å². The summed E-state index contributed by atoms with van der Waals surface area (Å²) in [6, 6.07) is 55.1. The van der Waals surface area contributed by atoms with Crippen molar-refractivity contribution in [1.82, 2.24) is 0 Å². The topological polar surface area (TPSA) is 40.6 Å². The van der Waals surface area contributed by atoms with Crippen molar-refractivity contribution in [3.8, 4) is 11.1 Å². The number of benzene rings is 8. The van der Waals surface area contributed by atoms with Gasteiger partial charge in [-0.3, -0.25) is 0 Å². The number of fused-ring (bicyclic) bond motifs is 11. The van der Waals surface area contributed by atoms with Crippen LogP contribution in [0.2, 0.25) is 0 Å². The fraction of sp³-hybridized carbons (Fsp3) is 0.120. The Morgan fingerprint density at radius 2 is 0.818 bits per heavy atom. The molecule has 8 aromatic rings. The van der Waals surface area contributed by atoms with E-state index in [4.69, 9.17) is 0 Å². The highest BCUT2D eigenvalue weighted by atomic mass is 32.2. The monoisotopic (exact) mass is 730 g/mol. The van der Waals surface area contributed by atoms with Crippen LogP contribution in [-0.2, 0) is 20.7 Å². The quantitative estimate of drug-likeness (QED) is 0.178. The van der Waals surface area contributed by atoms with Gasteiger partial charge in [0, 0.05) is 44.1 Å². The Labute approximate surface area is 321 Å². The molecule has 0 spiro atoms. The summed E-state index contributed by atoms with van der Waals surface area (Å²) in [6.45, 7) is 9.19. The first-order valence-corrected chi connectivity index (χ1v) is 20.4. The minimum absolute atomic E-state index is 0.242. The average molecular weight is 731 g/mol. The van der Waals surface area contributed by atoms with Crippen LogP contribution in [0.15, 0.2) is 168 Å². The van der Waals surface area contributed by atoms with Crippen LogP contribution in [0, 0.1) is 0 Å². The number of nitrogens with zero attached hydrogens (tertiary/aromatic N) is 2. The molecular formula is C50H38N2O2S. The van der Waals surface area contributed by atoms with E-state index < -0.39 is 9.84 Å². The second kappa shape index (κ2) is 11.0. The van der Waals surface area contributed by atoms with E-state index in [9.17, 15) is 8.42 Å². The molecule has 5 heteroatoms. The maximum atomic E-state index is 14.3. The third-order valence-electron chi connectivity index (χ3n) is 12.5. The van der Waals surface area contributed by atoms with Crippen molar-refractivity contribution in [3.63, 3.8) is 0 Å². The van der Waals surface area contributed by atoms with Gasteiger partial charge in [0.25, 0.3) is 0 Å². The number of hydrogen-bond acceptors (Lipinski definition) is 4. The normalized spacial score (nSPS) is 16.5. The third-order valence-corrected chi connectivity index (χ3v) is 14.4. The fourth-order valence-electron chi connectivity index (χ4n) is 9.78. The molecule has 0 bridgehead atoms. The average Bonchev–Trinajstić information content (AvgIpc) is 3.42. The third kappa shape index (κ3) is 4.25. The first-order chi connectivity index (χ1) is 26.6. The highest BCUT2D eigenvalue weighted by Gasteiger charge is 2.41. The van der Waals surface area contributed by atoms with Crippen LogP contribution in [0.25, 0.3) is 32.7 Å². The van der Waals surface area contributed by atoms with Gasteiger partial charge < -0.3 is 9.80 Å². The number of hydrogen-bond donors (Lipinski definition) is 0. The molecule has 55 heavy (non-hydrogen) atoms. The Balaban J connectivity index is 1.15. The molecule has 0 fully saturated rings. The van der Waals surface area contributed by atoms with Crippen LogP contribution in [0.1, 0.15) is 49.9 Å². The van der Waals surface area contributed by atoms with Gasteiger partial charge in [-0.2, -0.15) is 0 Å². The molecule has 3 aliphatic rings. The second-order valence-corrected chi connectivity index (χ2v) is 18.1. The van der Waals surface area contributed by atoms with Crippen molar-refractivity contribution in [2.45, 2.75) is 48.3 Å². The van der Waals surface area contributed by atoms with E-state index in [-0.39, 0.29) is 10.8 Å². The molecule has 3 aliphatic heterocycles. The Morgan fingerprint density at radius 3 is 1.27 bits per heavy atom. The van der Waals surface area contributed by atoms with Gasteiger partial charge in [0.05, 0.1) is 32.5 Å². The number of rotatable bonds is 2. The molecule has 3 heterocycles. The molecule has 4 nitrogen and oxygen atoms in total. The fourth-order valence-corrected chi connectivity index (χ4v) is 11.4. The van der Waals surface area contributed by atoms with Gasteiger partial charge >= 0.3 is 0 Å². The lowest BCUT2D eigenvalue weighted by Crippen LogP contribution is -2.30. The highest BCUT2D eigenvalue weighted by Crippen LogP contribution is 2.58. The van der Waals surface area contributed by atoms with Gasteiger partial charge in [0.2, 0.25) is 9.84 Å². The van der Waals surface area contributed by atoms with Gasteiger partial charge in [0.15, 0.2) is 0 Å². The van der Waals surface area contributed by atoms with Gasteiger partial charge in [-0.15, -0.1) is 0 Å². The zero-order valence-corrected chi connectivity index (χ0v) is 31.9. The summed E-state index contributed by atoms with van der Waals surface area (Å²) in [6.07, 6.45) is 0. The first-order valence-electron chi connectivity index (χ1n) is 18.9. The summed E-state index contributed by atoms with van der Waals surface area (Å²) in [5.74, 6) is 0. The molecule has 0 saturated heterocycles. The lowest BCUT2D eigenvalue weighted by molar-refractivity contribution is 0.598. The summed E-state index contributed by atoms with van der Waals surface area (Å²) in [5.41, 5.74) is 12.2. The minimum Gasteiger partial charge on any atom is -0.309 e. The standard InChI is InChI=1S/C50H38N2O2S/c1-49(2)39-17-9-11-19-43(39)51(47-35-15-7-5-13-31(35)21-25-41(47)49)33-23-27-45-37(29-33)38-30-34(24-28-46(38)55(45,53)54)52-44-20-12-10-18-40(44)50(3,4)42-26-22-32-14-6-8-16-36(32)48(42)52/h5-30H,1-4H3. The predicted octanol–water partition coefficient (Wildman–Crippen LogP) is 13.0. The van der Waals surface area contributed by atoms with Crippen molar-refractivity contribution < 1.29 is 8.42 Å². The van der Waals surface area contributed by atoms with Gasteiger partial charge in [-0.05, 0) is 81.6 Å². The molecule has 0 aromatic heterocycles. The lowest BCUT2D eigenvalue weighted by atomic mass is 9.72. The molecule has 266 valence electrons. The number of para-hydroxylation sites is 2. The molecule has 0 atom stereocenters. The molecular weight excluding hydrogens is 693 g/mol. The van der Waals surface area contributed by atoms with Gasteiger partial charge in [0.1, 0.15) is 0 Å². The van der Waals surface area contributed by atoms with E-state index in [1.54, 1.807) is 0 Å². The summed E-state index contributed by atoms with van der Waals surface area (Å²) in [5, 5.41) is 4.66. The molecule has 0 radical (unpaired) electrons. The molecule has 0 saturated carbocycles. The Kier molecular flexibility index (Phi) is 6.43. The number of sulfone groups is 1. The molecule has 8 aromatic carbocycles. The highest BCUT2D eigenvalue weighted by molar-refractivity contribution is 7.92. The van der Waals surface area contributed by atoms with Crippen LogP contribution in [0.3, 0.4) is 0 Å². The van der Waals surface area contributed by atoms with Crippen LogP contribution < -0.4 is 9.80 Å². The smallest absolute Gasteiger partial charge is 0.207 e. The molecule has 0 aliphatic carbocycles. The maximum Gasteiger partial charge on any atom is 0.207 e. The minimum atomic E-state index is -3.75. The molecule has 0 amide bonds. The largest absolute Gasteiger partial charge is 0.309 e. The van der Waals surface area contributed by atoms with E-state index in [1.807, 2.05) is 24.3 Å². The first kappa shape index (κ1) is 32.3. The zero-order valence-electron chi connectivity index (χ0n) is 31.1. The SMILES string of the molecule is CC1(C)c2ccccc2N(c2ccc3c(c2)-c2cc(N4c5ccccc5C(C)(C)c5ccc6ccccc6c54)ccc2S3(=O)=O)c2c1ccc1ccccc21.